The summed E-state index contributed by atoms with van der Waals surface area (Å²) in [5.74, 6) is -1.30. The Labute approximate surface area is 121 Å². The Kier molecular flexibility index (Phi) is 2.54. The lowest BCUT2D eigenvalue weighted by Crippen LogP contribution is -2.15. The summed E-state index contributed by atoms with van der Waals surface area (Å²) in [7, 11) is 0. The van der Waals surface area contributed by atoms with Crippen LogP contribution >= 0.6 is 0 Å². The molecule has 0 saturated carbocycles. The molecule has 0 bridgehead atoms. The van der Waals surface area contributed by atoms with E-state index in [1.807, 2.05) is 48.6 Å². The SMILES string of the molecule is O=C(O)C1CC=Cc2ccc3cc4ccccc4nc3c21. The summed E-state index contributed by atoms with van der Waals surface area (Å²) in [6.07, 6.45) is 4.44. The molecule has 0 fully saturated rings. The summed E-state index contributed by atoms with van der Waals surface area (Å²) in [4.78, 5) is 16.3. The molecule has 1 heterocycles. The van der Waals surface area contributed by atoms with Gasteiger partial charge in [-0.1, -0.05) is 42.5 Å². The zero-order valence-corrected chi connectivity index (χ0v) is 11.3. The number of hydrogen-bond acceptors (Lipinski definition) is 2. The van der Waals surface area contributed by atoms with Crippen molar-refractivity contribution in [3.05, 3.63) is 59.7 Å². The van der Waals surface area contributed by atoms with Crippen LogP contribution in [0.15, 0.2) is 48.5 Å². The molecule has 1 atom stereocenters. The number of carbonyl (C=O) groups is 1. The summed E-state index contributed by atoms with van der Waals surface area (Å²) in [5, 5.41) is 11.6. The zero-order valence-electron chi connectivity index (χ0n) is 11.3. The van der Waals surface area contributed by atoms with Crippen LogP contribution in [0.1, 0.15) is 23.5 Å². The summed E-state index contributed by atoms with van der Waals surface area (Å²) >= 11 is 0. The second-order valence-electron chi connectivity index (χ2n) is 5.35. The number of aliphatic carboxylic acids is 1. The van der Waals surface area contributed by atoms with Gasteiger partial charge in [-0.2, -0.15) is 0 Å². The molecule has 0 amide bonds. The summed E-state index contributed by atoms with van der Waals surface area (Å²) in [6, 6.07) is 14.0. The van der Waals surface area contributed by atoms with Crippen LogP contribution in [0, 0.1) is 0 Å². The van der Waals surface area contributed by atoms with Crippen molar-refractivity contribution in [1.82, 2.24) is 4.98 Å². The highest BCUT2D eigenvalue weighted by Crippen LogP contribution is 2.36. The second kappa shape index (κ2) is 4.42. The third-order valence-corrected chi connectivity index (χ3v) is 4.08. The third-order valence-electron chi connectivity index (χ3n) is 4.08. The van der Waals surface area contributed by atoms with Crippen LogP contribution in [-0.4, -0.2) is 16.1 Å². The molecule has 1 aromatic heterocycles. The molecule has 1 aliphatic carbocycles. The smallest absolute Gasteiger partial charge is 0.311 e. The van der Waals surface area contributed by atoms with Crippen LogP contribution in [0.4, 0.5) is 0 Å². The molecule has 3 nitrogen and oxygen atoms in total. The van der Waals surface area contributed by atoms with E-state index in [1.54, 1.807) is 0 Å². The minimum atomic E-state index is -0.789. The molecule has 3 aromatic rings. The quantitative estimate of drug-likeness (QED) is 0.683. The molecule has 4 rings (SSSR count). The van der Waals surface area contributed by atoms with E-state index < -0.39 is 11.9 Å². The average Bonchev–Trinajstić information content (AvgIpc) is 2.52. The maximum absolute atomic E-state index is 11.6. The van der Waals surface area contributed by atoms with Gasteiger partial charge in [-0.3, -0.25) is 4.79 Å². The maximum atomic E-state index is 11.6. The Balaban J connectivity index is 2.12. The van der Waals surface area contributed by atoms with Crippen LogP contribution in [-0.2, 0) is 4.79 Å². The molecular weight excluding hydrogens is 262 g/mol. The van der Waals surface area contributed by atoms with E-state index in [0.717, 1.165) is 32.9 Å². The van der Waals surface area contributed by atoms with E-state index >= 15 is 0 Å². The first-order valence-corrected chi connectivity index (χ1v) is 6.96. The van der Waals surface area contributed by atoms with E-state index in [0.29, 0.717) is 6.42 Å². The van der Waals surface area contributed by atoms with Crippen molar-refractivity contribution < 1.29 is 9.90 Å². The van der Waals surface area contributed by atoms with Crippen molar-refractivity contribution in [2.75, 3.05) is 0 Å². The highest BCUT2D eigenvalue weighted by Gasteiger charge is 2.26. The molecule has 3 heteroatoms. The van der Waals surface area contributed by atoms with Crippen molar-refractivity contribution in [1.29, 1.82) is 0 Å². The van der Waals surface area contributed by atoms with Gasteiger partial charge in [0.15, 0.2) is 0 Å². The van der Waals surface area contributed by atoms with Crippen LogP contribution in [0.25, 0.3) is 27.9 Å². The van der Waals surface area contributed by atoms with Crippen molar-refractivity contribution in [2.24, 2.45) is 0 Å². The number of benzene rings is 2. The van der Waals surface area contributed by atoms with Gasteiger partial charge in [-0.25, -0.2) is 4.98 Å². The fraction of sp³-hybridized carbons (Fsp3) is 0.111. The summed E-state index contributed by atoms with van der Waals surface area (Å²) in [5.41, 5.74) is 3.51. The first kappa shape index (κ1) is 12.1. The summed E-state index contributed by atoms with van der Waals surface area (Å²) in [6.45, 7) is 0. The first-order chi connectivity index (χ1) is 10.2. The Morgan fingerprint density at radius 1 is 1.14 bits per heavy atom. The van der Waals surface area contributed by atoms with E-state index in [4.69, 9.17) is 4.98 Å². The number of allylic oxidation sites excluding steroid dienone is 1. The van der Waals surface area contributed by atoms with E-state index in [1.165, 1.54) is 0 Å². The average molecular weight is 275 g/mol. The molecule has 0 radical (unpaired) electrons. The van der Waals surface area contributed by atoms with Crippen molar-refractivity contribution in [3.8, 4) is 0 Å². The predicted molar refractivity (Wildman–Crippen MR) is 83.3 cm³/mol. The van der Waals surface area contributed by atoms with Gasteiger partial charge in [0.25, 0.3) is 0 Å². The van der Waals surface area contributed by atoms with Crippen molar-refractivity contribution in [3.63, 3.8) is 0 Å². The van der Waals surface area contributed by atoms with Gasteiger partial charge in [0.05, 0.1) is 17.0 Å². The molecule has 2 aromatic carbocycles. The molecule has 1 N–H and O–H groups in total. The number of nitrogens with zero attached hydrogens (tertiary/aromatic N) is 1. The molecule has 0 saturated heterocycles. The van der Waals surface area contributed by atoms with Crippen LogP contribution in [0.2, 0.25) is 0 Å². The van der Waals surface area contributed by atoms with Gasteiger partial charge in [0, 0.05) is 16.3 Å². The first-order valence-electron chi connectivity index (χ1n) is 6.96. The Bertz CT molecular complexity index is 912. The number of para-hydroxylation sites is 1. The van der Waals surface area contributed by atoms with Crippen molar-refractivity contribution >= 4 is 33.9 Å². The van der Waals surface area contributed by atoms with Gasteiger partial charge >= 0.3 is 5.97 Å². The molecule has 21 heavy (non-hydrogen) atoms. The minimum Gasteiger partial charge on any atom is -0.481 e. The Morgan fingerprint density at radius 2 is 2.00 bits per heavy atom. The topological polar surface area (TPSA) is 50.2 Å². The zero-order chi connectivity index (χ0) is 14.4. The van der Waals surface area contributed by atoms with Crippen LogP contribution in [0.3, 0.4) is 0 Å². The Hall–Kier alpha value is -2.68. The fourth-order valence-electron chi connectivity index (χ4n) is 3.07. The third kappa shape index (κ3) is 1.82. The largest absolute Gasteiger partial charge is 0.481 e. The number of hydrogen-bond donors (Lipinski definition) is 1. The van der Waals surface area contributed by atoms with E-state index in [9.17, 15) is 9.90 Å². The summed E-state index contributed by atoms with van der Waals surface area (Å²) < 4.78 is 0. The lowest BCUT2D eigenvalue weighted by molar-refractivity contribution is -0.138. The van der Waals surface area contributed by atoms with Crippen LogP contribution < -0.4 is 0 Å². The maximum Gasteiger partial charge on any atom is 0.311 e. The lowest BCUT2D eigenvalue weighted by atomic mass is 9.85. The second-order valence-corrected chi connectivity index (χ2v) is 5.35. The molecule has 0 spiro atoms. The minimum absolute atomic E-state index is 0.512. The number of aromatic nitrogens is 1. The van der Waals surface area contributed by atoms with Gasteiger partial charge < -0.3 is 5.11 Å². The number of carboxylic acid groups (broad SMARTS) is 1. The fourth-order valence-corrected chi connectivity index (χ4v) is 3.07. The van der Waals surface area contributed by atoms with Gasteiger partial charge in [-0.15, -0.1) is 0 Å². The van der Waals surface area contributed by atoms with Gasteiger partial charge in [0.1, 0.15) is 0 Å². The number of rotatable bonds is 1. The van der Waals surface area contributed by atoms with Gasteiger partial charge in [0.2, 0.25) is 0 Å². The number of fused-ring (bicyclic) bond motifs is 4. The predicted octanol–water partition coefficient (Wildman–Crippen LogP) is 3.97. The van der Waals surface area contributed by atoms with Gasteiger partial charge in [-0.05, 0) is 24.1 Å². The Morgan fingerprint density at radius 3 is 2.86 bits per heavy atom. The molecule has 1 unspecified atom stereocenters. The number of carboxylic acids is 1. The highest BCUT2D eigenvalue weighted by molar-refractivity contribution is 5.98. The normalized spacial score (nSPS) is 17.0. The monoisotopic (exact) mass is 275 g/mol. The lowest BCUT2D eigenvalue weighted by Gasteiger charge is -2.20. The molecule has 1 aliphatic rings. The van der Waals surface area contributed by atoms with E-state index in [2.05, 4.69) is 6.07 Å². The molecule has 0 aliphatic heterocycles. The van der Waals surface area contributed by atoms with Crippen LogP contribution in [0.5, 0.6) is 0 Å². The van der Waals surface area contributed by atoms with E-state index in [-0.39, 0.29) is 0 Å². The molecular formula is C18H13NO2. The molecule has 102 valence electrons. The number of pyridine rings is 1. The highest BCUT2D eigenvalue weighted by atomic mass is 16.4. The van der Waals surface area contributed by atoms with Crippen molar-refractivity contribution in [2.45, 2.75) is 12.3 Å². The standard InChI is InChI=1S/C18H13NO2/c20-18(21)14-6-3-5-11-8-9-13-10-12-4-1-2-7-15(12)19-17(13)16(11)14/h1-5,7-10,14H,6H2,(H,20,21).